The Morgan fingerprint density at radius 2 is 1.89 bits per heavy atom. The Balaban J connectivity index is 1.87. The molecule has 2 amide bonds. The minimum absolute atomic E-state index is 0.130. The summed E-state index contributed by atoms with van der Waals surface area (Å²) in [6.45, 7) is 6.24. The van der Waals surface area contributed by atoms with Gasteiger partial charge in [0.1, 0.15) is 5.75 Å². The summed E-state index contributed by atoms with van der Waals surface area (Å²) in [6, 6.07) is 5.32. The number of allylic oxidation sites excluding steroid dienone is 2. The molecule has 4 atom stereocenters. The molecule has 0 aromatic heterocycles. The van der Waals surface area contributed by atoms with Crippen LogP contribution in [-0.4, -0.2) is 51.3 Å². The van der Waals surface area contributed by atoms with Crippen molar-refractivity contribution in [3.8, 4) is 5.75 Å². The predicted octanol–water partition coefficient (Wildman–Crippen LogP) is 5.60. The molecule has 1 aromatic rings. The fourth-order valence-electron chi connectivity index (χ4n) is 5.94. The van der Waals surface area contributed by atoms with Crippen molar-refractivity contribution < 1.29 is 24.9 Å². The van der Waals surface area contributed by atoms with E-state index in [4.69, 9.17) is 0 Å². The van der Waals surface area contributed by atoms with Crippen LogP contribution in [0, 0.1) is 17.8 Å². The molecule has 3 N–H and O–H groups in total. The largest absolute Gasteiger partial charge is 0.507 e. The van der Waals surface area contributed by atoms with E-state index in [1.807, 2.05) is 19.1 Å². The summed E-state index contributed by atoms with van der Waals surface area (Å²) in [6.07, 6.45) is 6.84. The molecule has 1 aromatic carbocycles. The molecular formula is C29H40BrNO5. The van der Waals surface area contributed by atoms with Crippen molar-refractivity contribution in [3.05, 3.63) is 45.0 Å². The van der Waals surface area contributed by atoms with E-state index < -0.39 is 23.9 Å². The Labute approximate surface area is 223 Å². The molecule has 1 heterocycles. The van der Waals surface area contributed by atoms with Crippen LogP contribution in [0.5, 0.6) is 5.75 Å². The van der Waals surface area contributed by atoms with Gasteiger partial charge in [-0.3, -0.25) is 14.5 Å². The van der Waals surface area contributed by atoms with Crippen molar-refractivity contribution in [2.75, 3.05) is 13.2 Å². The van der Waals surface area contributed by atoms with Gasteiger partial charge >= 0.3 is 0 Å². The number of aliphatic hydroxyl groups is 2. The number of benzene rings is 1. The average Bonchev–Trinajstić information content (AvgIpc) is 3.08. The molecule has 6 nitrogen and oxygen atoms in total. The van der Waals surface area contributed by atoms with E-state index in [2.05, 4.69) is 29.8 Å². The van der Waals surface area contributed by atoms with Crippen molar-refractivity contribution in [1.29, 1.82) is 0 Å². The van der Waals surface area contributed by atoms with Gasteiger partial charge in [0, 0.05) is 22.5 Å². The first-order chi connectivity index (χ1) is 17.3. The number of aliphatic hydroxyl groups excluding tert-OH is 2. The lowest BCUT2D eigenvalue weighted by atomic mass is 9.67. The molecule has 0 radical (unpaired) electrons. The van der Waals surface area contributed by atoms with Gasteiger partial charge in [0.05, 0.1) is 24.5 Å². The fraction of sp³-hybridized carbons (Fsp3) is 0.586. The molecule has 1 fully saturated rings. The Kier molecular flexibility index (Phi) is 10.3. The molecule has 2 aliphatic rings. The number of aromatic hydroxyl groups is 1. The number of carbonyl (C=O) groups excluding carboxylic acids is 2. The van der Waals surface area contributed by atoms with Crippen molar-refractivity contribution in [2.45, 2.75) is 78.2 Å². The molecule has 3 rings (SSSR count). The van der Waals surface area contributed by atoms with Crippen LogP contribution in [0.3, 0.4) is 0 Å². The Morgan fingerprint density at radius 1 is 1.14 bits per heavy atom. The van der Waals surface area contributed by atoms with Gasteiger partial charge in [-0.15, -0.1) is 0 Å². The lowest BCUT2D eigenvalue weighted by molar-refractivity contribution is -0.140. The van der Waals surface area contributed by atoms with Gasteiger partial charge in [-0.25, -0.2) is 0 Å². The highest BCUT2D eigenvalue weighted by Crippen LogP contribution is 2.47. The smallest absolute Gasteiger partial charge is 0.233 e. The highest BCUT2D eigenvalue weighted by Gasteiger charge is 2.54. The maximum absolute atomic E-state index is 13.2. The first-order valence-corrected chi connectivity index (χ1v) is 14.1. The molecular weight excluding hydrogens is 522 g/mol. The first kappa shape index (κ1) is 28.6. The van der Waals surface area contributed by atoms with Crippen LogP contribution >= 0.6 is 15.9 Å². The number of hydrogen-bond donors (Lipinski definition) is 3. The van der Waals surface area contributed by atoms with Crippen LogP contribution in [0.25, 0.3) is 6.08 Å². The number of halogens is 1. The summed E-state index contributed by atoms with van der Waals surface area (Å²) >= 11 is 3.46. The van der Waals surface area contributed by atoms with E-state index in [-0.39, 0.29) is 24.2 Å². The Hall–Kier alpha value is -1.96. The zero-order valence-electron chi connectivity index (χ0n) is 21.7. The number of phenols is 1. The number of phenolic OH excluding ortho intramolecular Hbond substituents is 1. The lowest BCUT2D eigenvalue weighted by Gasteiger charge is -2.36. The van der Waals surface area contributed by atoms with E-state index in [9.17, 15) is 24.9 Å². The standard InChI is InChI=1S/C29H40BrNO5/c1-4-7-18(14-20-15-21(30)10-12-24(20)33)9-11-25(34)26-19(8-5-2)16-22-27(23(26)17-32)29(36)31(13-6-3)28(22)35/h10,12,14-15,22-23,25,27,32-34H,4-9,11,13,16-17H2,1-3H3/b18-14+/t22-,23+,25-,27-/m1/s1. The number of hydrogen-bond acceptors (Lipinski definition) is 5. The van der Waals surface area contributed by atoms with E-state index >= 15 is 0 Å². The number of amides is 2. The van der Waals surface area contributed by atoms with Gasteiger partial charge in [-0.05, 0) is 62.3 Å². The minimum atomic E-state index is -0.802. The summed E-state index contributed by atoms with van der Waals surface area (Å²) in [5.41, 5.74) is 3.64. The normalized spacial score (nSPS) is 23.4. The predicted molar refractivity (Wildman–Crippen MR) is 145 cm³/mol. The average molecular weight is 563 g/mol. The van der Waals surface area contributed by atoms with Crippen LogP contribution in [0.1, 0.15) is 77.7 Å². The van der Waals surface area contributed by atoms with Gasteiger partial charge in [0.25, 0.3) is 0 Å². The van der Waals surface area contributed by atoms with E-state index in [0.717, 1.165) is 52.4 Å². The maximum Gasteiger partial charge on any atom is 0.233 e. The molecule has 0 bridgehead atoms. The highest BCUT2D eigenvalue weighted by atomic mass is 79.9. The van der Waals surface area contributed by atoms with Gasteiger partial charge in [0.2, 0.25) is 11.8 Å². The molecule has 0 unspecified atom stereocenters. The summed E-state index contributed by atoms with van der Waals surface area (Å²) in [5.74, 6) is -1.69. The second-order valence-corrected chi connectivity index (χ2v) is 11.0. The van der Waals surface area contributed by atoms with E-state index in [1.54, 1.807) is 12.1 Å². The molecule has 1 saturated heterocycles. The molecule has 0 saturated carbocycles. The highest BCUT2D eigenvalue weighted by molar-refractivity contribution is 9.10. The van der Waals surface area contributed by atoms with Crippen molar-refractivity contribution in [3.63, 3.8) is 0 Å². The maximum atomic E-state index is 13.2. The Morgan fingerprint density at radius 3 is 2.53 bits per heavy atom. The second kappa shape index (κ2) is 13.0. The van der Waals surface area contributed by atoms with Gasteiger partial charge in [0.15, 0.2) is 0 Å². The summed E-state index contributed by atoms with van der Waals surface area (Å²) < 4.78 is 0.882. The zero-order valence-corrected chi connectivity index (χ0v) is 23.3. The number of imide groups is 1. The Bertz CT molecular complexity index is 1020. The monoisotopic (exact) mass is 561 g/mol. The molecule has 0 spiro atoms. The van der Waals surface area contributed by atoms with Crippen LogP contribution < -0.4 is 0 Å². The molecule has 198 valence electrons. The minimum Gasteiger partial charge on any atom is -0.507 e. The van der Waals surface area contributed by atoms with Crippen molar-refractivity contribution in [1.82, 2.24) is 4.90 Å². The molecule has 36 heavy (non-hydrogen) atoms. The number of fused-ring (bicyclic) bond motifs is 1. The number of nitrogens with zero attached hydrogens (tertiary/aromatic N) is 1. The second-order valence-electron chi connectivity index (χ2n) is 10.1. The summed E-state index contributed by atoms with van der Waals surface area (Å²) in [7, 11) is 0. The SMILES string of the molecule is CCCC1=C([C@H](O)CC/C(=C/c2cc(Br)ccc2O)CCC)[C@H](CO)[C@@H]2C(=O)N(CCC)C(=O)[C@@H]2C1. The topological polar surface area (TPSA) is 98.1 Å². The third-order valence-corrected chi connectivity index (χ3v) is 7.98. The summed E-state index contributed by atoms with van der Waals surface area (Å²) in [4.78, 5) is 27.6. The van der Waals surface area contributed by atoms with Gasteiger partial charge in [-0.2, -0.15) is 0 Å². The van der Waals surface area contributed by atoms with Crippen LogP contribution in [0.4, 0.5) is 0 Å². The van der Waals surface area contributed by atoms with E-state index in [1.165, 1.54) is 4.90 Å². The summed E-state index contributed by atoms with van der Waals surface area (Å²) in [5, 5.41) is 32.1. The van der Waals surface area contributed by atoms with Crippen molar-refractivity contribution in [2.24, 2.45) is 17.8 Å². The van der Waals surface area contributed by atoms with Crippen LogP contribution in [0.2, 0.25) is 0 Å². The third kappa shape index (κ3) is 6.12. The zero-order chi connectivity index (χ0) is 26.4. The van der Waals surface area contributed by atoms with E-state index in [0.29, 0.717) is 32.2 Å². The van der Waals surface area contributed by atoms with Gasteiger partial charge < -0.3 is 15.3 Å². The number of carbonyl (C=O) groups is 2. The number of rotatable bonds is 12. The van der Waals surface area contributed by atoms with Crippen molar-refractivity contribution >= 4 is 33.8 Å². The lowest BCUT2D eigenvalue weighted by Crippen LogP contribution is -2.39. The number of likely N-dealkylation sites (tertiary alicyclic amines) is 1. The third-order valence-electron chi connectivity index (χ3n) is 7.49. The molecule has 1 aliphatic heterocycles. The van der Waals surface area contributed by atoms with Crippen LogP contribution in [0.15, 0.2) is 39.4 Å². The quantitative estimate of drug-likeness (QED) is 0.228. The van der Waals surface area contributed by atoms with Gasteiger partial charge in [-0.1, -0.05) is 66.8 Å². The molecule has 1 aliphatic carbocycles. The fourth-order valence-corrected chi connectivity index (χ4v) is 6.31. The van der Waals surface area contributed by atoms with Crippen LogP contribution in [-0.2, 0) is 9.59 Å². The molecule has 7 heteroatoms. The first-order valence-electron chi connectivity index (χ1n) is 13.3.